The van der Waals surface area contributed by atoms with Crippen LogP contribution in [0.1, 0.15) is 43.4 Å². The Bertz CT molecular complexity index is 963. The summed E-state index contributed by atoms with van der Waals surface area (Å²) in [7, 11) is 0. The number of carbonyl (C=O) groups is 2. The molecule has 5 heteroatoms. The minimum absolute atomic E-state index is 0.136. The summed E-state index contributed by atoms with van der Waals surface area (Å²) in [6.07, 6.45) is 9.21. The van der Waals surface area contributed by atoms with E-state index >= 15 is 0 Å². The summed E-state index contributed by atoms with van der Waals surface area (Å²) in [5, 5.41) is 0. The summed E-state index contributed by atoms with van der Waals surface area (Å²) in [4.78, 5) is 30.9. The monoisotopic (exact) mass is 404 g/mol. The van der Waals surface area contributed by atoms with E-state index < -0.39 is 0 Å². The predicted molar refractivity (Wildman–Crippen MR) is 116 cm³/mol. The molecule has 1 saturated carbocycles. The molecule has 3 aliphatic rings. The van der Waals surface area contributed by atoms with Gasteiger partial charge in [-0.25, -0.2) is 0 Å². The zero-order chi connectivity index (χ0) is 20.5. The number of amides is 2. The zero-order valence-corrected chi connectivity index (χ0v) is 17.3. The number of hydrogen-bond acceptors (Lipinski definition) is 3. The van der Waals surface area contributed by atoms with Crippen LogP contribution in [0.5, 0.6) is 0 Å². The van der Waals surface area contributed by atoms with Crippen molar-refractivity contribution in [1.82, 2.24) is 4.90 Å². The summed E-state index contributed by atoms with van der Waals surface area (Å²) in [6.45, 7) is 2.01. The smallest absolute Gasteiger partial charge is 0.230 e. The minimum atomic E-state index is -0.213. The first kappa shape index (κ1) is 19.2. The summed E-state index contributed by atoms with van der Waals surface area (Å²) < 4.78 is 5.54. The number of carbonyl (C=O) groups excluding carboxylic acids is 2. The van der Waals surface area contributed by atoms with Crippen LogP contribution in [0.4, 0.5) is 5.69 Å². The van der Waals surface area contributed by atoms with Crippen LogP contribution in [-0.2, 0) is 16.0 Å². The van der Waals surface area contributed by atoms with E-state index in [9.17, 15) is 9.59 Å². The third-order valence-corrected chi connectivity index (χ3v) is 6.85. The van der Waals surface area contributed by atoms with Gasteiger partial charge in [-0.1, -0.05) is 37.1 Å². The summed E-state index contributed by atoms with van der Waals surface area (Å²) in [6, 6.07) is 12.0. The normalized spacial score (nSPS) is 23.8. The molecule has 2 amide bonds. The lowest BCUT2D eigenvalue weighted by molar-refractivity contribution is -0.142. The lowest BCUT2D eigenvalue weighted by Crippen LogP contribution is -2.47. The Morgan fingerprint density at radius 2 is 1.73 bits per heavy atom. The maximum Gasteiger partial charge on any atom is 0.230 e. The van der Waals surface area contributed by atoms with Gasteiger partial charge in [0.15, 0.2) is 0 Å². The molecule has 2 aromatic rings. The van der Waals surface area contributed by atoms with Crippen LogP contribution in [0, 0.1) is 11.8 Å². The second-order valence-electron chi connectivity index (χ2n) is 8.62. The molecule has 5 nitrogen and oxygen atoms in total. The van der Waals surface area contributed by atoms with Gasteiger partial charge in [-0.2, -0.15) is 0 Å². The average Bonchev–Trinajstić information content (AvgIpc) is 3.48. The number of benzene rings is 1. The third-order valence-electron chi connectivity index (χ3n) is 6.85. The topological polar surface area (TPSA) is 53.8 Å². The molecule has 5 rings (SSSR count). The largest absolute Gasteiger partial charge is 0.465 e. The highest BCUT2D eigenvalue weighted by molar-refractivity contribution is 5.99. The molecular weight excluding hydrogens is 376 g/mol. The van der Waals surface area contributed by atoms with Crippen LogP contribution in [0.15, 0.2) is 53.2 Å². The summed E-state index contributed by atoms with van der Waals surface area (Å²) in [5.41, 5.74) is 3.32. The molecule has 0 saturated heterocycles. The van der Waals surface area contributed by atoms with Crippen LogP contribution in [-0.4, -0.2) is 36.3 Å². The fourth-order valence-corrected chi connectivity index (χ4v) is 5.30. The van der Waals surface area contributed by atoms with Crippen molar-refractivity contribution >= 4 is 23.1 Å². The molecule has 1 aliphatic carbocycles. The molecule has 0 bridgehead atoms. The Balaban J connectivity index is 1.33. The number of fused-ring (bicyclic) bond motifs is 1. The first-order chi connectivity index (χ1) is 14.7. The van der Waals surface area contributed by atoms with Gasteiger partial charge < -0.3 is 14.2 Å². The van der Waals surface area contributed by atoms with Gasteiger partial charge in [0.1, 0.15) is 5.76 Å². The molecule has 2 unspecified atom stereocenters. The van der Waals surface area contributed by atoms with Gasteiger partial charge in [0, 0.05) is 36.8 Å². The van der Waals surface area contributed by atoms with Crippen LogP contribution in [0.3, 0.4) is 0 Å². The Kier molecular flexibility index (Phi) is 5.19. The number of anilines is 1. The highest BCUT2D eigenvalue weighted by Gasteiger charge is 2.41. The van der Waals surface area contributed by atoms with Crippen molar-refractivity contribution < 1.29 is 14.0 Å². The molecule has 1 fully saturated rings. The maximum absolute atomic E-state index is 13.5. The van der Waals surface area contributed by atoms with Crippen molar-refractivity contribution in [2.45, 2.75) is 38.5 Å². The number of para-hydroxylation sites is 1. The van der Waals surface area contributed by atoms with Gasteiger partial charge >= 0.3 is 0 Å². The van der Waals surface area contributed by atoms with Crippen molar-refractivity contribution in [3.8, 4) is 0 Å². The molecule has 2 atom stereocenters. The second kappa shape index (κ2) is 8.13. The van der Waals surface area contributed by atoms with Gasteiger partial charge in [0.05, 0.1) is 12.2 Å². The van der Waals surface area contributed by atoms with Gasteiger partial charge in [-0.15, -0.1) is 0 Å². The quantitative estimate of drug-likeness (QED) is 0.767. The SMILES string of the molecule is O=C(C1CCCCC1C(=O)N1CCc2ccccc21)N1CCC=C(c2ccco2)C1. The fraction of sp³-hybridized carbons (Fsp3) is 0.440. The van der Waals surface area contributed by atoms with E-state index in [0.29, 0.717) is 13.1 Å². The first-order valence-corrected chi connectivity index (χ1v) is 11.1. The number of rotatable bonds is 3. The van der Waals surface area contributed by atoms with E-state index in [2.05, 4.69) is 12.1 Å². The third kappa shape index (κ3) is 3.47. The Morgan fingerprint density at radius 3 is 2.53 bits per heavy atom. The fourth-order valence-electron chi connectivity index (χ4n) is 5.30. The molecular formula is C25H28N2O3. The second-order valence-corrected chi connectivity index (χ2v) is 8.62. The summed E-state index contributed by atoms with van der Waals surface area (Å²) in [5.74, 6) is 0.678. The van der Waals surface area contributed by atoms with Crippen molar-refractivity contribution in [1.29, 1.82) is 0 Å². The van der Waals surface area contributed by atoms with E-state index in [0.717, 1.165) is 62.1 Å². The van der Waals surface area contributed by atoms with Gasteiger partial charge in [0.25, 0.3) is 0 Å². The standard InChI is InChI=1S/C25H28N2O3/c28-24(26-14-5-8-19(17-26)23-12-6-16-30-23)20-9-2-3-10-21(20)25(29)27-15-13-18-7-1-4-11-22(18)27/h1,4,6-8,11-12,16,20-21H,2-3,5,9-10,13-15,17H2. The zero-order valence-electron chi connectivity index (χ0n) is 17.3. The summed E-state index contributed by atoms with van der Waals surface area (Å²) >= 11 is 0. The Morgan fingerprint density at radius 1 is 0.933 bits per heavy atom. The van der Waals surface area contributed by atoms with Crippen LogP contribution in [0.2, 0.25) is 0 Å². The number of hydrogen-bond donors (Lipinski definition) is 0. The van der Waals surface area contributed by atoms with E-state index in [-0.39, 0.29) is 23.7 Å². The molecule has 156 valence electrons. The Labute approximate surface area is 177 Å². The maximum atomic E-state index is 13.5. The van der Waals surface area contributed by atoms with Gasteiger partial charge in [0.2, 0.25) is 11.8 Å². The molecule has 0 radical (unpaired) electrons. The van der Waals surface area contributed by atoms with Crippen molar-refractivity contribution in [2.75, 3.05) is 24.5 Å². The highest BCUT2D eigenvalue weighted by Crippen LogP contribution is 2.37. The highest BCUT2D eigenvalue weighted by atomic mass is 16.3. The molecule has 2 aliphatic heterocycles. The predicted octanol–water partition coefficient (Wildman–Crippen LogP) is 4.29. The van der Waals surface area contributed by atoms with Gasteiger partial charge in [-0.05, 0) is 49.4 Å². The number of furan rings is 1. The van der Waals surface area contributed by atoms with E-state index in [4.69, 9.17) is 4.42 Å². The van der Waals surface area contributed by atoms with E-state index in [1.165, 1.54) is 5.56 Å². The molecule has 30 heavy (non-hydrogen) atoms. The van der Waals surface area contributed by atoms with Crippen molar-refractivity contribution in [3.63, 3.8) is 0 Å². The number of nitrogens with zero attached hydrogens (tertiary/aromatic N) is 2. The van der Waals surface area contributed by atoms with Gasteiger partial charge in [-0.3, -0.25) is 9.59 Å². The lowest BCUT2D eigenvalue weighted by atomic mass is 9.77. The van der Waals surface area contributed by atoms with E-state index in [1.807, 2.05) is 40.1 Å². The van der Waals surface area contributed by atoms with Crippen molar-refractivity contribution in [3.05, 3.63) is 60.1 Å². The van der Waals surface area contributed by atoms with Crippen molar-refractivity contribution in [2.24, 2.45) is 11.8 Å². The Hall–Kier alpha value is -2.82. The molecule has 1 aromatic heterocycles. The van der Waals surface area contributed by atoms with Crippen LogP contribution < -0.4 is 4.90 Å². The van der Waals surface area contributed by atoms with E-state index in [1.54, 1.807) is 6.26 Å². The minimum Gasteiger partial charge on any atom is -0.465 e. The van der Waals surface area contributed by atoms with Crippen LogP contribution >= 0.6 is 0 Å². The van der Waals surface area contributed by atoms with Crippen LogP contribution in [0.25, 0.3) is 5.57 Å². The average molecular weight is 405 g/mol. The first-order valence-electron chi connectivity index (χ1n) is 11.1. The molecule has 3 heterocycles. The molecule has 1 aromatic carbocycles. The lowest BCUT2D eigenvalue weighted by Gasteiger charge is -2.37. The molecule has 0 N–H and O–H groups in total. The molecule has 0 spiro atoms.